The van der Waals surface area contributed by atoms with Crippen LogP contribution < -0.4 is 5.73 Å². The minimum atomic E-state index is -0.168. The Labute approximate surface area is 102 Å². The summed E-state index contributed by atoms with van der Waals surface area (Å²) in [6, 6.07) is 6.80. The van der Waals surface area contributed by atoms with Crippen molar-refractivity contribution in [2.24, 2.45) is 5.73 Å². The third-order valence-corrected chi connectivity index (χ3v) is 3.64. The second kappa shape index (κ2) is 7.69. The molecule has 1 rings (SSSR count). The molecule has 0 bridgehead atoms. The average Bonchev–Trinajstić information content (AvgIpc) is 2.29. The van der Waals surface area contributed by atoms with Crippen LogP contribution in [-0.4, -0.2) is 18.1 Å². The molecule has 2 N–H and O–H groups in total. The van der Waals surface area contributed by atoms with Crippen LogP contribution in [0.3, 0.4) is 0 Å². The SMILES string of the molecule is CCSCCCC(CN)c1cccc(F)c1. The van der Waals surface area contributed by atoms with Crippen molar-refractivity contribution < 1.29 is 4.39 Å². The predicted molar refractivity (Wildman–Crippen MR) is 70.4 cm³/mol. The molecule has 0 aliphatic heterocycles. The van der Waals surface area contributed by atoms with Gasteiger partial charge in [0.1, 0.15) is 5.82 Å². The normalized spacial score (nSPS) is 12.7. The lowest BCUT2D eigenvalue weighted by Gasteiger charge is -2.14. The Balaban J connectivity index is 2.47. The van der Waals surface area contributed by atoms with Crippen molar-refractivity contribution in [3.63, 3.8) is 0 Å². The molecule has 0 aromatic heterocycles. The highest BCUT2D eigenvalue weighted by Gasteiger charge is 2.09. The molecule has 0 fully saturated rings. The van der Waals surface area contributed by atoms with Gasteiger partial charge in [0.15, 0.2) is 0 Å². The van der Waals surface area contributed by atoms with Gasteiger partial charge in [-0.1, -0.05) is 19.1 Å². The number of thioether (sulfide) groups is 1. The molecule has 0 saturated carbocycles. The predicted octanol–water partition coefficient (Wildman–Crippen LogP) is 3.40. The van der Waals surface area contributed by atoms with Crippen LogP contribution in [0.25, 0.3) is 0 Å². The fourth-order valence-corrected chi connectivity index (χ4v) is 2.42. The number of halogens is 1. The van der Waals surface area contributed by atoms with Crippen LogP contribution in [0.4, 0.5) is 4.39 Å². The lowest BCUT2D eigenvalue weighted by molar-refractivity contribution is 0.600. The molecule has 1 aromatic carbocycles. The second-order valence-corrected chi connectivity index (χ2v) is 5.22. The van der Waals surface area contributed by atoms with Crippen molar-refractivity contribution in [1.29, 1.82) is 0 Å². The Morgan fingerprint density at radius 1 is 1.44 bits per heavy atom. The van der Waals surface area contributed by atoms with Crippen LogP contribution in [0.1, 0.15) is 31.2 Å². The number of nitrogens with two attached hydrogens (primary N) is 1. The summed E-state index contributed by atoms with van der Waals surface area (Å²) >= 11 is 1.94. The van der Waals surface area contributed by atoms with Gasteiger partial charge in [0, 0.05) is 0 Å². The first kappa shape index (κ1) is 13.5. The highest BCUT2D eigenvalue weighted by molar-refractivity contribution is 7.99. The maximum Gasteiger partial charge on any atom is 0.123 e. The van der Waals surface area contributed by atoms with Crippen LogP contribution >= 0.6 is 11.8 Å². The van der Waals surface area contributed by atoms with Gasteiger partial charge in [-0.05, 0) is 54.5 Å². The molecule has 0 amide bonds. The van der Waals surface area contributed by atoms with Gasteiger partial charge >= 0.3 is 0 Å². The Kier molecular flexibility index (Phi) is 6.50. The molecule has 1 aromatic rings. The average molecular weight is 241 g/mol. The van der Waals surface area contributed by atoms with E-state index in [1.165, 1.54) is 11.8 Å². The van der Waals surface area contributed by atoms with Gasteiger partial charge < -0.3 is 5.73 Å². The monoisotopic (exact) mass is 241 g/mol. The molecule has 90 valence electrons. The molecule has 0 heterocycles. The minimum Gasteiger partial charge on any atom is -0.330 e. The lowest BCUT2D eigenvalue weighted by atomic mass is 9.95. The van der Waals surface area contributed by atoms with Crippen LogP contribution in [0.2, 0.25) is 0 Å². The first-order valence-electron chi connectivity index (χ1n) is 5.81. The second-order valence-electron chi connectivity index (χ2n) is 3.83. The summed E-state index contributed by atoms with van der Waals surface area (Å²) in [5.74, 6) is 2.46. The van der Waals surface area contributed by atoms with E-state index >= 15 is 0 Å². The number of rotatable bonds is 7. The van der Waals surface area contributed by atoms with Crippen LogP contribution in [0.15, 0.2) is 24.3 Å². The van der Waals surface area contributed by atoms with E-state index in [-0.39, 0.29) is 5.82 Å². The van der Waals surface area contributed by atoms with E-state index in [1.807, 2.05) is 17.8 Å². The largest absolute Gasteiger partial charge is 0.330 e. The number of hydrogen-bond donors (Lipinski definition) is 1. The van der Waals surface area contributed by atoms with Crippen molar-refractivity contribution in [3.8, 4) is 0 Å². The van der Waals surface area contributed by atoms with Gasteiger partial charge in [0.05, 0.1) is 0 Å². The van der Waals surface area contributed by atoms with E-state index in [2.05, 4.69) is 6.92 Å². The van der Waals surface area contributed by atoms with Gasteiger partial charge in [-0.2, -0.15) is 11.8 Å². The Morgan fingerprint density at radius 2 is 2.25 bits per heavy atom. The summed E-state index contributed by atoms with van der Waals surface area (Å²) in [6.45, 7) is 2.76. The third kappa shape index (κ3) is 4.54. The van der Waals surface area contributed by atoms with Gasteiger partial charge in [0.25, 0.3) is 0 Å². The Morgan fingerprint density at radius 3 is 2.88 bits per heavy atom. The summed E-state index contributed by atoms with van der Waals surface area (Å²) in [6.07, 6.45) is 2.20. The highest BCUT2D eigenvalue weighted by Crippen LogP contribution is 2.21. The maximum atomic E-state index is 13.1. The summed E-state index contributed by atoms with van der Waals surface area (Å²) < 4.78 is 13.1. The van der Waals surface area contributed by atoms with E-state index in [4.69, 9.17) is 5.73 Å². The molecule has 3 heteroatoms. The molecule has 1 unspecified atom stereocenters. The third-order valence-electron chi connectivity index (χ3n) is 2.65. The molecular formula is C13H20FNS. The molecule has 0 spiro atoms. The van der Waals surface area contributed by atoms with Crippen LogP contribution in [-0.2, 0) is 0 Å². The first-order valence-corrected chi connectivity index (χ1v) is 6.96. The van der Waals surface area contributed by atoms with E-state index in [1.54, 1.807) is 12.1 Å². The van der Waals surface area contributed by atoms with E-state index in [0.29, 0.717) is 12.5 Å². The van der Waals surface area contributed by atoms with Crippen molar-refractivity contribution in [1.82, 2.24) is 0 Å². The maximum absolute atomic E-state index is 13.1. The summed E-state index contributed by atoms with van der Waals surface area (Å²) in [5, 5.41) is 0. The highest BCUT2D eigenvalue weighted by atomic mass is 32.2. The zero-order valence-corrected chi connectivity index (χ0v) is 10.6. The number of hydrogen-bond acceptors (Lipinski definition) is 2. The van der Waals surface area contributed by atoms with E-state index < -0.39 is 0 Å². The van der Waals surface area contributed by atoms with E-state index in [9.17, 15) is 4.39 Å². The summed E-state index contributed by atoms with van der Waals surface area (Å²) in [7, 11) is 0. The van der Waals surface area contributed by atoms with Crippen LogP contribution in [0, 0.1) is 5.82 Å². The van der Waals surface area contributed by atoms with Crippen molar-refractivity contribution in [2.45, 2.75) is 25.7 Å². The molecule has 1 nitrogen and oxygen atoms in total. The molecule has 1 atom stereocenters. The van der Waals surface area contributed by atoms with Crippen molar-refractivity contribution >= 4 is 11.8 Å². The first-order chi connectivity index (χ1) is 7.77. The summed E-state index contributed by atoms with van der Waals surface area (Å²) in [4.78, 5) is 0. The van der Waals surface area contributed by atoms with Gasteiger partial charge in [-0.25, -0.2) is 4.39 Å². The summed E-state index contributed by atoms with van der Waals surface area (Å²) in [5.41, 5.74) is 6.77. The van der Waals surface area contributed by atoms with Gasteiger partial charge in [0.2, 0.25) is 0 Å². The molecule has 0 radical (unpaired) electrons. The fourth-order valence-electron chi connectivity index (χ4n) is 1.76. The minimum absolute atomic E-state index is 0.168. The van der Waals surface area contributed by atoms with Crippen molar-refractivity contribution in [3.05, 3.63) is 35.6 Å². The zero-order chi connectivity index (χ0) is 11.8. The van der Waals surface area contributed by atoms with Crippen molar-refractivity contribution in [2.75, 3.05) is 18.1 Å². The lowest BCUT2D eigenvalue weighted by Crippen LogP contribution is -2.13. The Hall–Kier alpha value is -0.540. The van der Waals surface area contributed by atoms with E-state index in [0.717, 1.165) is 24.2 Å². The standard InChI is InChI=1S/C13H20FNS/c1-2-16-8-4-6-12(10-15)11-5-3-7-13(14)9-11/h3,5,7,9,12H,2,4,6,8,10,15H2,1H3. The smallest absolute Gasteiger partial charge is 0.123 e. The van der Waals surface area contributed by atoms with Crippen LogP contribution in [0.5, 0.6) is 0 Å². The quantitative estimate of drug-likeness (QED) is 0.740. The molecule has 0 saturated heterocycles. The molecule has 0 aliphatic carbocycles. The van der Waals surface area contributed by atoms with Gasteiger partial charge in [-0.3, -0.25) is 0 Å². The molecular weight excluding hydrogens is 221 g/mol. The van der Waals surface area contributed by atoms with Gasteiger partial charge in [-0.15, -0.1) is 0 Å². The fraction of sp³-hybridized carbons (Fsp3) is 0.538. The Bertz CT molecular complexity index is 304. The molecule has 16 heavy (non-hydrogen) atoms. The topological polar surface area (TPSA) is 26.0 Å². The zero-order valence-electron chi connectivity index (χ0n) is 9.79. The molecule has 0 aliphatic rings. The number of benzene rings is 1.